The first-order valence-corrected chi connectivity index (χ1v) is 9.94. The predicted molar refractivity (Wildman–Crippen MR) is 121 cm³/mol. The van der Waals surface area contributed by atoms with Crippen molar-refractivity contribution in [2.24, 2.45) is 0 Å². The molecular weight excluding hydrogens is 338 g/mol. The third-order valence-electron chi connectivity index (χ3n) is 6.18. The van der Waals surface area contributed by atoms with Crippen LogP contribution in [0.3, 0.4) is 0 Å². The summed E-state index contributed by atoms with van der Waals surface area (Å²) in [7, 11) is 0. The van der Waals surface area contributed by atoms with Gasteiger partial charge in [-0.15, -0.1) is 0 Å². The molecule has 134 valence electrons. The van der Waals surface area contributed by atoms with Crippen molar-refractivity contribution in [2.75, 3.05) is 5.32 Å². The van der Waals surface area contributed by atoms with Crippen molar-refractivity contribution in [3.8, 4) is 22.3 Å². The summed E-state index contributed by atoms with van der Waals surface area (Å²) in [6.45, 7) is 2.26. The van der Waals surface area contributed by atoms with Gasteiger partial charge in [0.15, 0.2) is 0 Å². The Morgan fingerprint density at radius 3 is 2.21 bits per heavy atom. The Kier molecular flexibility index (Phi) is 3.14. The first-order valence-electron chi connectivity index (χ1n) is 9.94. The van der Waals surface area contributed by atoms with Crippen molar-refractivity contribution >= 4 is 27.2 Å². The second-order valence-electron chi connectivity index (χ2n) is 8.17. The molecule has 0 radical (unpaired) electrons. The number of hydrogen-bond donors (Lipinski definition) is 1. The molecule has 0 saturated heterocycles. The first kappa shape index (κ1) is 15.7. The Bertz CT molecular complexity index is 1280. The summed E-state index contributed by atoms with van der Waals surface area (Å²) >= 11 is 0. The molecule has 0 spiro atoms. The number of hydrogen-bond acceptors (Lipinski definition) is 1. The maximum absolute atomic E-state index is 3.80. The second-order valence-corrected chi connectivity index (χ2v) is 8.17. The summed E-state index contributed by atoms with van der Waals surface area (Å²) < 4.78 is 0. The maximum Gasteiger partial charge on any atom is 0.0565 e. The lowest BCUT2D eigenvalue weighted by Crippen LogP contribution is -2.32. The third kappa shape index (κ3) is 2.20. The highest BCUT2D eigenvalue weighted by atomic mass is 15.0. The van der Waals surface area contributed by atoms with E-state index >= 15 is 0 Å². The highest BCUT2D eigenvalue weighted by molar-refractivity contribution is 6.19. The average molecular weight is 359 g/mol. The van der Waals surface area contributed by atoms with Gasteiger partial charge in [0.1, 0.15) is 0 Å². The Labute approximate surface area is 165 Å². The number of fused-ring (bicyclic) bond motifs is 4. The molecule has 4 aromatic carbocycles. The second kappa shape index (κ2) is 5.59. The summed E-state index contributed by atoms with van der Waals surface area (Å²) in [5.74, 6) is 0. The largest absolute Gasteiger partial charge is 0.376 e. The quantitative estimate of drug-likeness (QED) is 0.348. The van der Waals surface area contributed by atoms with Crippen LogP contribution in [0.5, 0.6) is 0 Å². The standard InChI is InChI=1S/C27H21N/c1-27(14-5-2-6-15-27)28-25-13-12-21-24-17-19-9-4-3-8-18(19)16-23(24)20-10-7-11-22(25)26(20)21/h2-14,16-17,28H,15H2,1H3. The Hall–Kier alpha value is -3.32. The highest BCUT2D eigenvalue weighted by Crippen LogP contribution is 2.50. The van der Waals surface area contributed by atoms with E-state index in [4.69, 9.17) is 0 Å². The lowest BCUT2D eigenvalue weighted by atomic mass is 9.92. The van der Waals surface area contributed by atoms with Crippen molar-refractivity contribution in [3.63, 3.8) is 0 Å². The number of benzene rings is 4. The van der Waals surface area contributed by atoms with Crippen LogP contribution in [0.1, 0.15) is 13.3 Å². The van der Waals surface area contributed by atoms with Gasteiger partial charge in [0, 0.05) is 11.1 Å². The van der Waals surface area contributed by atoms with Gasteiger partial charge in [-0.3, -0.25) is 0 Å². The molecule has 2 aliphatic carbocycles. The zero-order chi connectivity index (χ0) is 18.7. The van der Waals surface area contributed by atoms with Gasteiger partial charge in [-0.1, -0.05) is 72.8 Å². The van der Waals surface area contributed by atoms with E-state index in [-0.39, 0.29) is 5.54 Å². The zero-order valence-electron chi connectivity index (χ0n) is 15.9. The molecule has 0 bridgehead atoms. The van der Waals surface area contributed by atoms with E-state index in [0.717, 1.165) is 6.42 Å². The smallest absolute Gasteiger partial charge is 0.0565 e. The first-order chi connectivity index (χ1) is 13.7. The number of rotatable bonds is 2. The number of allylic oxidation sites excluding steroid dienone is 2. The number of nitrogens with one attached hydrogen (secondary N) is 1. The zero-order valence-corrected chi connectivity index (χ0v) is 15.9. The number of anilines is 1. The normalized spacial score (nSPS) is 19.3. The molecular formula is C27H21N. The molecule has 0 aliphatic heterocycles. The minimum atomic E-state index is -0.0468. The fraction of sp³-hybridized carbons (Fsp3) is 0.111. The van der Waals surface area contributed by atoms with E-state index in [1.165, 1.54) is 49.5 Å². The minimum absolute atomic E-state index is 0.0468. The monoisotopic (exact) mass is 359 g/mol. The van der Waals surface area contributed by atoms with E-state index in [1.807, 2.05) is 0 Å². The van der Waals surface area contributed by atoms with Crippen molar-refractivity contribution in [2.45, 2.75) is 18.9 Å². The van der Waals surface area contributed by atoms with Crippen LogP contribution in [-0.4, -0.2) is 5.54 Å². The van der Waals surface area contributed by atoms with Gasteiger partial charge < -0.3 is 5.32 Å². The lowest BCUT2D eigenvalue weighted by molar-refractivity contribution is 0.642. The van der Waals surface area contributed by atoms with Gasteiger partial charge in [-0.25, -0.2) is 0 Å². The van der Waals surface area contributed by atoms with Gasteiger partial charge >= 0.3 is 0 Å². The van der Waals surface area contributed by atoms with E-state index < -0.39 is 0 Å². The molecule has 1 unspecified atom stereocenters. The third-order valence-corrected chi connectivity index (χ3v) is 6.18. The lowest BCUT2D eigenvalue weighted by Gasteiger charge is -2.30. The fourth-order valence-electron chi connectivity index (χ4n) is 4.78. The molecule has 6 rings (SSSR count). The average Bonchev–Trinajstić information content (AvgIpc) is 3.03. The summed E-state index contributed by atoms with van der Waals surface area (Å²) in [5, 5.41) is 9.08. The fourth-order valence-corrected chi connectivity index (χ4v) is 4.78. The van der Waals surface area contributed by atoms with Crippen molar-refractivity contribution < 1.29 is 0 Å². The predicted octanol–water partition coefficient (Wildman–Crippen LogP) is 7.33. The summed E-state index contributed by atoms with van der Waals surface area (Å²) in [6, 6.07) is 24.6. The van der Waals surface area contributed by atoms with Crippen molar-refractivity contribution in [3.05, 3.63) is 91.0 Å². The maximum atomic E-state index is 3.80. The van der Waals surface area contributed by atoms with E-state index in [0.29, 0.717) is 0 Å². The molecule has 0 amide bonds. The van der Waals surface area contributed by atoms with Gasteiger partial charge in [0.05, 0.1) is 5.54 Å². The van der Waals surface area contributed by atoms with Crippen LogP contribution in [0.4, 0.5) is 5.69 Å². The van der Waals surface area contributed by atoms with Crippen LogP contribution in [0.15, 0.2) is 91.0 Å². The van der Waals surface area contributed by atoms with Gasteiger partial charge in [-0.2, -0.15) is 0 Å². The summed E-state index contributed by atoms with van der Waals surface area (Å²) in [6.07, 6.45) is 9.75. The van der Waals surface area contributed by atoms with Crippen LogP contribution < -0.4 is 5.32 Å². The molecule has 0 heterocycles. The van der Waals surface area contributed by atoms with Gasteiger partial charge in [0.2, 0.25) is 0 Å². The minimum Gasteiger partial charge on any atom is -0.376 e. The van der Waals surface area contributed by atoms with Crippen LogP contribution >= 0.6 is 0 Å². The SMILES string of the molecule is CC1(Nc2ccc3c4c(cccc24)-c2cc4ccccc4cc2-3)C=CC=CC1. The Morgan fingerprint density at radius 2 is 1.50 bits per heavy atom. The van der Waals surface area contributed by atoms with E-state index in [2.05, 4.69) is 103 Å². The van der Waals surface area contributed by atoms with Crippen molar-refractivity contribution in [1.29, 1.82) is 0 Å². The molecule has 1 heteroatoms. The highest BCUT2D eigenvalue weighted by Gasteiger charge is 2.25. The molecule has 1 nitrogen and oxygen atoms in total. The van der Waals surface area contributed by atoms with Crippen LogP contribution in [0.25, 0.3) is 43.8 Å². The Balaban J connectivity index is 1.57. The van der Waals surface area contributed by atoms with E-state index in [9.17, 15) is 0 Å². The van der Waals surface area contributed by atoms with Crippen LogP contribution in [0.2, 0.25) is 0 Å². The van der Waals surface area contributed by atoms with Crippen LogP contribution in [0, 0.1) is 0 Å². The topological polar surface area (TPSA) is 12.0 Å². The Morgan fingerprint density at radius 1 is 0.750 bits per heavy atom. The summed E-state index contributed by atoms with van der Waals surface area (Å²) in [4.78, 5) is 0. The molecule has 2 aliphatic rings. The van der Waals surface area contributed by atoms with E-state index in [1.54, 1.807) is 0 Å². The summed E-state index contributed by atoms with van der Waals surface area (Å²) in [5.41, 5.74) is 6.56. The molecule has 0 fully saturated rings. The molecule has 1 atom stereocenters. The molecule has 4 aromatic rings. The van der Waals surface area contributed by atoms with Crippen molar-refractivity contribution in [1.82, 2.24) is 0 Å². The molecule has 1 N–H and O–H groups in total. The van der Waals surface area contributed by atoms with Gasteiger partial charge in [0.25, 0.3) is 0 Å². The van der Waals surface area contributed by atoms with Crippen LogP contribution in [-0.2, 0) is 0 Å². The molecule has 0 saturated carbocycles. The molecule has 0 aromatic heterocycles. The molecule has 28 heavy (non-hydrogen) atoms. The van der Waals surface area contributed by atoms with Gasteiger partial charge in [-0.05, 0) is 70.0 Å².